The number of hydrogen-bond acceptors (Lipinski definition) is 3. The molecular weight excluding hydrogens is 290 g/mol. The van der Waals surface area contributed by atoms with E-state index in [-0.39, 0.29) is 18.5 Å². The molecule has 0 aromatic heterocycles. The third-order valence-electron chi connectivity index (χ3n) is 3.33. The van der Waals surface area contributed by atoms with Crippen LogP contribution in [0.5, 0.6) is 0 Å². The van der Waals surface area contributed by atoms with Crippen molar-refractivity contribution in [1.29, 1.82) is 0 Å². The second-order valence-corrected chi connectivity index (χ2v) is 5.91. The molecule has 21 heavy (non-hydrogen) atoms. The number of carbonyl (C=O) groups excluding carboxylic acids is 2. The predicted molar refractivity (Wildman–Crippen MR) is 85.5 cm³/mol. The van der Waals surface area contributed by atoms with Gasteiger partial charge in [-0.15, -0.1) is 0 Å². The van der Waals surface area contributed by atoms with Crippen LogP contribution < -0.4 is 11.1 Å². The van der Waals surface area contributed by atoms with Crippen LogP contribution >= 0.6 is 11.6 Å². The van der Waals surface area contributed by atoms with Crippen molar-refractivity contribution in [2.75, 3.05) is 18.9 Å². The molecule has 0 saturated heterocycles. The van der Waals surface area contributed by atoms with E-state index in [9.17, 15) is 9.59 Å². The van der Waals surface area contributed by atoms with E-state index in [2.05, 4.69) is 26.1 Å². The summed E-state index contributed by atoms with van der Waals surface area (Å²) in [6.45, 7) is 6.15. The summed E-state index contributed by atoms with van der Waals surface area (Å²) in [7, 11) is 1.51. The fourth-order valence-electron chi connectivity index (χ4n) is 1.72. The Morgan fingerprint density at radius 3 is 2.48 bits per heavy atom. The first-order valence-electron chi connectivity index (χ1n) is 6.82. The number of carbonyl (C=O) groups is 2. The minimum atomic E-state index is -0.565. The quantitative estimate of drug-likeness (QED) is 0.846. The summed E-state index contributed by atoms with van der Waals surface area (Å²) in [5.41, 5.74) is 6.26. The van der Waals surface area contributed by atoms with Gasteiger partial charge in [-0.2, -0.15) is 0 Å². The molecule has 0 unspecified atom stereocenters. The van der Waals surface area contributed by atoms with Crippen molar-refractivity contribution in [2.45, 2.75) is 26.8 Å². The van der Waals surface area contributed by atoms with E-state index in [0.29, 0.717) is 16.5 Å². The average Bonchev–Trinajstić information content (AvgIpc) is 2.39. The number of amides is 2. The van der Waals surface area contributed by atoms with Crippen LogP contribution in [-0.4, -0.2) is 36.3 Å². The highest BCUT2D eigenvalue weighted by atomic mass is 35.5. The van der Waals surface area contributed by atoms with Crippen molar-refractivity contribution in [3.63, 3.8) is 0 Å². The maximum absolute atomic E-state index is 12.3. The number of primary amides is 1. The second kappa shape index (κ2) is 7.31. The van der Waals surface area contributed by atoms with Crippen LogP contribution in [0, 0.1) is 5.92 Å². The number of rotatable bonds is 6. The van der Waals surface area contributed by atoms with Crippen molar-refractivity contribution < 1.29 is 9.59 Å². The zero-order valence-electron chi connectivity index (χ0n) is 12.8. The topological polar surface area (TPSA) is 75.4 Å². The van der Waals surface area contributed by atoms with Gasteiger partial charge in [0.05, 0.1) is 17.1 Å². The van der Waals surface area contributed by atoms with Crippen molar-refractivity contribution in [1.82, 2.24) is 4.90 Å². The largest absolute Gasteiger partial charge is 0.382 e. The van der Waals surface area contributed by atoms with Crippen molar-refractivity contribution in [2.24, 2.45) is 11.7 Å². The van der Waals surface area contributed by atoms with Crippen molar-refractivity contribution in [3.05, 3.63) is 28.8 Å². The highest BCUT2D eigenvalue weighted by molar-refractivity contribution is 6.34. The Balaban J connectivity index is 2.96. The monoisotopic (exact) mass is 311 g/mol. The van der Waals surface area contributed by atoms with Crippen LogP contribution in [0.3, 0.4) is 0 Å². The van der Waals surface area contributed by atoms with Gasteiger partial charge in [-0.3, -0.25) is 9.59 Å². The number of benzene rings is 1. The Bertz CT molecular complexity index is 532. The van der Waals surface area contributed by atoms with Gasteiger partial charge >= 0.3 is 0 Å². The normalized spacial score (nSPS) is 12.1. The van der Waals surface area contributed by atoms with Crippen LogP contribution in [0.25, 0.3) is 0 Å². The van der Waals surface area contributed by atoms with Gasteiger partial charge in [0.25, 0.3) is 5.91 Å². The average molecular weight is 312 g/mol. The maximum Gasteiger partial charge on any atom is 0.255 e. The van der Waals surface area contributed by atoms with Crippen LogP contribution in [0.1, 0.15) is 31.1 Å². The summed E-state index contributed by atoms with van der Waals surface area (Å²) in [5, 5.41) is 3.67. The fraction of sp³-hybridized carbons (Fsp3) is 0.467. The van der Waals surface area contributed by atoms with E-state index >= 15 is 0 Å². The van der Waals surface area contributed by atoms with Gasteiger partial charge < -0.3 is 16.0 Å². The summed E-state index contributed by atoms with van der Waals surface area (Å²) >= 11 is 6.08. The molecule has 5 nitrogen and oxygen atoms in total. The Morgan fingerprint density at radius 1 is 1.33 bits per heavy atom. The first-order valence-corrected chi connectivity index (χ1v) is 7.20. The fourth-order valence-corrected chi connectivity index (χ4v) is 1.92. The SMILES string of the molecule is CC(C)[C@H](C)Nc1ccc(Cl)c(C(=O)N(C)CC(N)=O)c1. The molecule has 0 fully saturated rings. The van der Waals surface area contributed by atoms with Gasteiger partial charge in [0.1, 0.15) is 0 Å². The zero-order valence-corrected chi connectivity index (χ0v) is 13.6. The lowest BCUT2D eigenvalue weighted by molar-refractivity contribution is -0.118. The molecule has 1 rings (SSSR count). The number of likely N-dealkylation sites (N-methyl/N-ethyl adjacent to an activating group) is 1. The summed E-state index contributed by atoms with van der Waals surface area (Å²) in [5.74, 6) is -0.443. The molecule has 0 aliphatic carbocycles. The Morgan fingerprint density at radius 2 is 1.95 bits per heavy atom. The molecule has 0 heterocycles. The summed E-state index contributed by atoms with van der Waals surface area (Å²) < 4.78 is 0. The van der Waals surface area contributed by atoms with E-state index < -0.39 is 5.91 Å². The molecular formula is C15H22ClN3O2. The Hall–Kier alpha value is -1.75. The van der Waals surface area contributed by atoms with Gasteiger partial charge in [-0.05, 0) is 31.0 Å². The number of nitrogens with two attached hydrogens (primary N) is 1. The molecule has 0 spiro atoms. The molecule has 0 aliphatic heterocycles. The zero-order chi connectivity index (χ0) is 16.2. The molecule has 3 N–H and O–H groups in total. The third kappa shape index (κ3) is 4.93. The van der Waals surface area contributed by atoms with E-state index in [1.54, 1.807) is 12.1 Å². The number of hydrogen-bond donors (Lipinski definition) is 2. The molecule has 116 valence electrons. The Kier molecular flexibility index (Phi) is 6.03. The van der Waals surface area contributed by atoms with Crippen LogP contribution in [0.4, 0.5) is 5.69 Å². The minimum Gasteiger partial charge on any atom is -0.382 e. The van der Waals surface area contributed by atoms with Crippen molar-refractivity contribution in [3.8, 4) is 0 Å². The summed E-state index contributed by atoms with van der Waals surface area (Å²) in [6.07, 6.45) is 0. The van der Waals surface area contributed by atoms with Gasteiger partial charge in [-0.1, -0.05) is 25.4 Å². The van der Waals surface area contributed by atoms with Gasteiger partial charge in [-0.25, -0.2) is 0 Å². The molecule has 6 heteroatoms. The lowest BCUT2D eigenvalue weighted by Gasteiger charge is -2.20. The molecule has 1 aromatic carbocycles. The lowest BCUT2D eigenvalue weighted by atomic mass is 10.1. The smallest absolute Gasteiger partial charge is 0.255 e. The van der Waals surface area contributed by atoms with Crippen molar-refractivity contribution >= 4 is 29.1 Å². The van der Waals surface area contributed by atoms with E-state index in [1.807, 2.05) is 6.07 Å². The first kappa shape index (κ1) is 17.3. The highest BCUT2D eigenvalue weighted by Gasteiger charge is 2.17. The van der Waals surface area contributed by atoms with E-state index in [0.717, 1.165) is 5.69 Å². The number of anilines is 1. The number of halogens is 1. The lowest BCUT2D eigenvalue weighted by Crippen LogP contribution is -2.35. The molecule has 0 radical (unpaired) electrons. The Labute approximate surface area is 130 Å². The summed E-state index contributed by atoms with van der Waals surface area (Å²) in [6, 6.07) is 5.45. The van der Waals surface area contributed by atoms with Crippen LogP contribution in [0.15, 0.2) is 18.2 Å². The van der Waals surface area contributed by atoms with Gasteiger partial charge in [0, 0.05) is 18.8 Å². The molecule has 0 bridgehead atoms. The van der Waals surface area contributed by atoms with Gasteiger partial charge in [0.15, 0.2) is 0 Å². The van der Waals surface area contributed by atoms with E-state index in [4.69, 9.17) is 17.3 Å². The molecule has 0 saturated carbocycles. The predicted octanol–water partition coefficient (Wildman–Crippen LogP) is 2.35. The minimum absolute atomic E-state index is 0.144. The van der Waals surface area contributed by atoms with Gasteiger partial charge in [0.2, 0.25) is 5.91 Å². The second-order valence-electron chi connectivity index (χ2n) is 5.50. The molecule has 0 aliphatic rings. The molecule has 1 atom stereocenters. The first-order chi connectivity index (χ1) is 9.72. The molecule has 1 aromatic rings. The standard InChI is InChI=1S/C15H22ClN3O2/c1-9(2)10(3)18-11-5-6-13(16)12(7-11)15(21)19(4)8-14(17)20/h5-7,9-10,18H,8H2,1-4H3,(H2,17,20)/t10-/m0/s1. The number of nitrogens with zero attached hydrogens (tertiary/aromatic N) is 1. The number of nitrogens with one attached hydrogen (secondary N) is 1. The maximum atomic E-state index is 12.3. The third-order valence-corrected chi connectivity index (χ3v) is 3.66. The highest BCUT2D eigenvalue weighted by Crippen LogP contribution is 2.23. The van der Waals surface area contributed by atoms with E-state index in [1.165, 1.54) is 11.9 Å². The van der Waals surface area contributed by atoms with Crippen LogP contribution in [-0.2, 0) is 4.79 Å². The molecule has 2 amide bonds. The van der Waals surface area contributed by atoms with Crippen LogP contribution in [0.2, 0.25) is 5.02 Å². The summed E-state index contributed by atoms with van der Waals surface area (Å²) in [4.78, 5) is 24.4.